The lowest BCUT2D eigenvalue weighted by Gasteiger charge is -2.18. The first-order valence-corrected chi connectivity index (χ1v) is 9.51. The largest absolute Gasteiger partial charge is 0.487 e. The minimum absolute atomic E-state index is 0.241. The minimum Gasteiger partial charge on any atom is -0.487 e. The molecule has 2 aromatic carbocycles. The van der Waals surface area contributed by atoms with Gasteiger partial charge in [0.05, 0.1) is 22.8 Å². The fourth-order valence-corrected chi connectivity index (χ4v) is 3.24. The second-order valence-corrected chi connectivity index (χ2v) is 7.16. The number of rotatable bonds is 6. The monoisotopic (exact) mass is 437 g/mol. The Morgan fingerprint density at radius 3 is 2.50 bits per heavy atom. The van der Waals surface area contributed by atoms with Crippen molar-refractivity contribution in [2.75, 3.05) is 13.7 Å². The number of hydrogen-bond acceptors (Lipinski definition) is 4. The zero-order valence-electron chi connectivity index (χ0n) is 15.7. The maximum atomic E-state index is 12.0. The van der Waals surface area contributed by atoms with Crippen LogP contribution in [-0.4, -0.2) is 24.7 Å². The second-order valence-electron chi connectivity index (χ2n) is 6.31. The lowest BCUT2D eigenvalue weighted by Crippen LogP contribution is -2.06. The fourth-order valence-electron chi connectivity index (χ4n) is 2.80. The van der Waals surface area contributed by atoms with Crippen molar-refractivity contribution in [3.63, 3.8) is 0 Å². The van der Waals surface area contributed by atoms with Gasteiger partial charge in [-0.25, -0.2) is 9.78 Å². The van der Waals surface area contributed by atoms with Crippen LogP contribution in [0, 0.1) is 0 Å². The van der Waals surface area contributed by atoms with E-state index in [1.807, 2.05) is 55.5 Å². The fraction of sp³-hybridized carbons (Fsp3) is 0.130. The quantitative estimate of drug-likeness (QED) is 0.354. The molecule has 3 aromatic rings. The van der Waals surface area contributed by atoms with Gasteiger partial charge < -0.3 is 9.47 Å². The van der Waals surface area contributed by atoms with Gasteiger partial charge in [0.15, 0.2) is 0 Å². The van der Waals surface area contributed by atoms with Crippen molar-refractivity contribution in [2.45, 2.75) is 6.92 Å². The Morgan fingerprint density at radius 2 is 1.82 bits per heavy atom. The Bertz CT molecular complexity index is 1020. The van der Waals surface area contributed by atoms with Crippen molar-refractivity contribution in [1.29, 1.82) is 0 Å². The third-order valence-corrected chi connectivity index (χ3v) is 4.68. The maximum absolute atomic E-state index is 12.0. The smallest absolute Gasteiger partial charge is 0.356 e. The number of carbonyl (C=O) groups excluding carboxylic acids is 1. The van der Waals surface area contributed by atoms with Crippen molar-refractivity contribution < 1.29 is 14.3 Å². The minimum atomic E-state index is -0.484. The highest BCUT2D eigenvalue weighted by Crippen LogP contribution is 2.43. The van der Waals surface area contributed by atoms with Crippen molar-refractivity contribution in [2.24, 2.45) is 0 Å². The summed E-state index contributed by atoms with van der Waals surface area (Å²) in [5.74, 6) is 0.168. The molecular formula is C23H20BrNO3. The van der Waals surface area contributed by atoms with Crippen LogP contribution in [0.15, 0.2) is 77.3 Å². The predicted octanol–water partition coefficient (Wildman–Crippen LogP) is 5.92. The highest BCUT2D eigenvalue weighted by molar-refractivity contribution is 9.10. The average molecular weight is 438 g/mol. The molecule has 0 spiro atoms. The summed E-state index contributed by atoms with van der Waals surface area (Å²) < 4.78 is 11.7. The molecule has 0 amide bonds. The number of ether oxygens (including phenoxy) is 2. The highest BCUT2D eigenvalue weighted by atomic mass is 79.9. The third-order valence-electron chi connectivity index (χ3n) is 4.06. The molecule has 0 bridgehead atoms. The Labute approximate surface area is 173 Å². The van der Waals surface area contributed by atoms with Crippen LogP contribution < -0.4 is 4.74 Å². The topological polar surface area (TPSA) is 48.4 Å². The summed E-state index contributed by atoms with van der Waals surface area (Å²) in [5, 5.41) is 0. The molecule has 0 saturated heterocycles. The van der Waals surface area contributed by atoms with Gasteiger partial charge in [-0.1, -0.05) is 49.0 Å². The number of carbonyl (C=O) groups is 1. The zero-order valence-corrected chi connectivity index (χ0v) is 17.3. The van der Waals surface area contributed by atoms with E-state index in [4.69, 9.17) is 9.47 Å². The molecule has 0 aliphatic carbocycles. The molecule has 1 aromatic heterocycles. The normalized spacial score (nSPS) is 10.4. The van der Waals surface area contributed by atoms with E-state index in [0.717, 1.165) is 26.7 Å². The number of halogens is 1. The van der Waals surface area contributed by atoms with E-state index in [2.05, 4.69) is 27.5 Å². The van der Waals surface area contributed by atoms with E-state index in [1.165, 1.54) is 7.11 Å². The lowest BCUT2D eigenvalue weighted by atomic mass is 9.96. The van der Waals surface area contributed by atoms with E-state index in [9.17, 15) is 4.79 Å². The number of pyridine rings is 1. The van der Waals surface area contributed by atoms with Crippen molar-refractivity contribution in [3.8, 4) is 28.1 Å². The summed E-state index contributed by atoms with van der Waals surface area (Å²) in [5.41, 5.74) is 4.54. The molecular weight excluding hydrogens is 418 g/mol. The highest BCUT2D eigenvalue weighted by Gasteiger charge is 2.19. The van der Waals surface area contributed by atoms with Crippen LogP contribution in [0.3, 0.4) is 0 Å². The van der Waals surface area contributed by atoms with Gasteiger partial charge in [-0.2, -0.15) is 0 Å². The molecule has 0 atom stereocenters. The molecule has 0 aliphatic heterocycles. The molecule has 5 heteroatoms. The summed E-state index contributed by atoms with van der Waals surface area (Å²) in [6.07, 6.45) is 0. The van der Waals surface area contributed by atoms with Crippen molar-refractivity contribution in [3.05, 3.63) is 83.0 Å². The Hall–Kier alpha value is -2.92. The van der Waals surface area contributed by atoms with Gasteiger partial charge in [0.2, 0.25) is 0 Å². The summed E-state index contributed by atoms with van der Waals surface area (Å²) >= 11 is 3.59. The van der Waals surface area contributed by atoms with Gasteiger partial charge in [0, 0.05) is 0 Å². The van der Waals surface area contributed by atoms with Crippen molar-refractivity contribution >= 4 is 21.9 Å². The molecule has 3 rings (SSSR count). The molecule has 0 unspecified atom stereocenters. The Morgan fingerprint density at radius 1 is 1.07 bits per heavy atom. The number of hydrogen-bond donors (Lipinski definition) is 0. The molecule has 142 valence electrons. The van der Waals surface area contributed by atoms with E-state index in [-0.39, 0.29) is 5.69 Å². The molecule has 0 N–H and O–H groups in total. The Balaban J connectivity index is 2.25. The predicted molar refractivity (Wildman–Crippen MR) is 114 cm³/mol. The molecule has 0 saturated carbocycles. The van der Waals surface area contributed by atoms with Crippen LogP contribution in [-0.2, 0) is 4.74 Å². The summed E-state index contributed by atoms with van der Waals surface area (Å²) in [6.45, 7) is 6.20. The number of aromatic nitrogens is 1. The molecule has 0 aliphatic rings. The van der Waals surface area contributed by atoms with Crippen LogP contribution >= 0.6 is 15.9 Å². The van der Waals surface area contributed by atoms with Crippen LogP contribution in [0.25, 0.3) is 22.4 Å². The van der Waals surface area contributed by atoms with E-state index in [1.54, 1.807) is 12.1 Å². The van der Waals surface area contributed by atoms with E-state index >= 15 is 0 Å². The third kappa shape index (κ3) is 4.31. The summed E-state index contributed by atoms with van der Waals surface area (Å²) in [6, 6.07) is 19.2. The molecule has 0 radical (unpaired) electrons. The molecule has 1 heterocycles. The summed E-state index contributed by atoms with van der Waals surface area (Å²) in [7, 11) is 1.34. The SMILES string of the molecule is C=C(C)COc1c(Br)ccc(-c2ccccc2)c1-c1cccc(C(=O)OC)n1. The number of esters is 1. The van der Waals surface area contributed by atoms with Gasteiger partial charge in [0.25, 0.3) is 0 Å². The van der Waals surface area contributed by atoms with Crippen LogP contribution in [0.4, 0.5) is 0 Å². The van der Waals surface area contributed by atoms with Crippen LogP contribution in [0.2, 0.25) is 0 Å². The van der Waals surface area contributed by atoms with Gasteiger partial charge in [0.1, 0.15) is 18.1 Å². The summed E-state index contributed by atoms with van der Waals surface area (Å²) in [4.78, 5) is 16.5. The van der Waals surface area contributed by atoms with E-state index < -0.39 is 5.97 Å². The van der Waals surface area contributed by atoms with Gasteiger partial charge >= 0.3 is 5.97 Å². The second kappa shape index (κ2) is 8.85. The van der Waals surface area contributed by atoms with Crippen LogP contribution in [0.1, 0.15) is 17.4 Å². The zero-order chi connectivity index (χ0) is 20.1. The molecule has 28 heavy (non-hydrogen) atoms. The van der Waals surface area contributed by atoms with Crippen molar-refractivity contribution in [1.82, 2.24) is 4.98 Å². The average Bonchev–Trinajstić information content (AvgIpc) is 2.72. The number of methoxy groups -OCH3 is 1. The number of nitrogens with zero attached hydrogens (tertiary/aromatic N) is 1. The van der Waals surface area contributed by atoms with Gasteiger partial charge in [-0.3, -0.25) is 0 Å². The maximum Gasteiger partial charge on any atom is 0.356 e. The van der Waals surface area contributed by atoms with Crippen LogP contribution in [0.5, 0.6) is 5.75 Å². The first-order chi connectivity index (χ1) is 13.5. The molecule has 0 fully saturated rings. The Kier molecular flexibility index (Phi) is 6.26. The van der Waals surface area contributed by atoms with Gasteiger partial charge in [-0.15, -0.1) is 0 Å². The number of benzene rings is 2. The standard InChI is InChI=1S/C23H20BrNO3/c1-15(2)14-28-22-18(24)13-12-17(16-8-5-4-6-9-16)21(22)19-10-7-11-20(25-19)23(26)27-3/h4-13H,1,14H2,2-3H3. The first-order valence-electron chi connectivity index (χ1n) is 8.72. The first kappa shape index (κ1) is 19.8. The van der Waals surface area contributed by atoms with Gasteiger partial charge in [-0.05, 0) is 57.8 Å². The lowest BCUT2D eigenvalue weighted by molar-refractivity contribution is 0.0594. The van der Waals surface area contributed by atoms with E-state index in [0.29, 0.717) is 18.1 Å². The molecule has 4 nitrogen and oxygen atoms in total.